The van der Waals surface area contributed by atoms with Crippen LogP contribution in [0.5, 0.6) is 0 Å². The molecule has 0 radical (unpaired) electrons. The van der Waals surface area contributed by atoms with Gasteiger partial charge in [-0.05, 0) is 25.1 Å². The third-order valence-corrected chi connectivity index (χ3v) is 3.20. The van der Waals surface area contributed by atoms with Crippen molar-refractivity contribution in [2.45, 2.75) is 19.0 Å². The van der Waals surface area contributed by atoms with Gasteiger partial charge in [-0.25, -0.2) is 9.97 Å². The van der Waals surface area contributed by atoms with Crippen molar-refractivity contribution in [1.29, 1.82) is 0 Å². The lowest BCUT2D eigenvalue weighted by atomic mass is 10.2. The largest absolute Gasteiger partial charge is 0.366 e. The van der Waals surface area contributed by atoms with E-state index in [9.17, 15) is 0 Å². The highest BCUT2D eigenvalue weighted by atomic mass is 15.1. The average molecular weight is 258 g/mol. The average Bonchev–Trinajstić information content (AvgIpc) is 3.10. The zero-order chi connectivity index (χ0) is 12.9. The van der Waals surface area contributed by atoms with E-state index in [0.717, 1.165) is 43.4 Å². The maximum absolute atomic E-state index is 4.25. The Morgan fingerprint density at radius 3 is 3.05 bits per heavy atom. The Kier molecular flexibility index (Phi) is 3.60. The molecule has 1 saturated heterocycles. The van der Waals surface area contributed by atoms with Crippen molar-refractivity contribution < 1.29 is 0 Å². The molecular weight excluding hydrogens is 240 g/mol. The third kappa shape index (κ3) is 3.23. The van der Waals surface area contributed by atoms with Gasteiger partial charge in [0.05, 0.1) is 6.54 Å². The van der Waals surface area contributed by atoms with E-state index in [1.165, 1.54) is 0 Å². The van der Waals surface area contributed by atoms with Crippen molar-refractivity contribution in [3.63, 3.8) is 0 Å². The van der Waals surface area contributed by atoms with Crippen LogP contribution in [0, 0.1) is 0 Å². The maximum atomic E-state index is 4.25. The Hall–Kier alpha value is -2.08. The van der Waals surface area contributed by atoms with Crippen LogP contribution in [0.25, 0.3) is 0 Å². The molecule has 19 heavy (non-hydrogen) atoms. The van der Waals surface area contributed by atoms with Crippen LogP contribution in [0.1, 0.15) is 12.1 Å². The summed E-state index contributed by atoms with van der Waals surface area (Å²) in [7, 11) is 0. The Balaban J connectivity index is 1.59. The first kappa shape index (κ1) is 12.0. The van der Waals surface area contributed by atoms with Gasteiger partial charge in [0, 0.05) is 30.5 Å². The second-order valence-corrected chi connectivity index (χ2v) is 4.67. The van der Waals surface area contributed by atoms with Crippen LogP contribution in [0.2, 0.25) is 0 Å². The standard InChI is InChI=1S/C13H18N6/c1-2-10(15-4-1)8-16-12-6-13(18-9-17-12)19-11-3-5-14-7-11/h1-2,4,6,9,11,14-15H,3,5,7-8H2,(H2,16,17,18,19). The van der Waals surface area contributed by atoms with Gasteiger partial charge in [0.2, 0.25) is 0 Å². The zero-order valence-electron chi connectivity index (χ0n) is 10.7. The minimum atomic E-state index is 0.464. The number of aromatic amines is 1. The molecule has 0 amide bonds. The highest BCUT2D eigenvalue weighted by Crippen LogP contribution is 2.12. The van der Waals surface area contributed by atoms with Crippen molar-refractivity contribution in [3.8, 4) is 0 Å². The lowest BCUT2D eigenvalue weighted by Gasteiger charge is -2.12. The van der Waals surface area contributed by atoms with E-state index in [0.29, 0.717) is 6.04 Å². The summed E-state index contributed by atoms with van der Waals surface area (Å²) in [6, 6.07) is 6.43. The van der Waals surface area contributed by atoms with Crippen molar-refractivity contribution in [3.05, 3.63) is 36.4 Å². The van der Waals surface area contributed by atoms with Crippen molar-refractivity contribution in [2.75, 3.05) is 23.7 Å². The highest BCUT2D eigenvalue weighted by molar-refractivity contribution is 5.47. The van der Waals surface area contributed by atoms with Crippen LogP contribution in [-0.2, 0) is 6.54 Å². The van der Waals surface area contributed by atoms with E-state index in [1.807, 2.05) is 24.4 Å². The second-order valence-electron chi connectivity index (χ2n) is 4.67. The zero-order valence-corrected chi connectivity index (χ0v) is 10.7. The smallest absolute Gasteiger partial charge is 0.131 e. The molecule has 1 aliphatic rings. The summed E-state index contributed by atoms with van der Waals surface area (Å²) in [4.78, 5) is 11.6. The summed E-state index contributed by atoms with van der Waals surface area (Å²) < 4.78 is 0. The van der Waals surface area contributed by atoms with Gasteiger partial charge in [-0.1, -0.05) is 0 Å². The molecule has 100 valence electrons. The van der Waals surface area contributed by atoms with Gasteiger partial charge >= 0.3 is 0 Å². The fourth-order valence-corrected chi connectivity index (χ4v) is 2.18. The normalized spacial score (nSPS) is 18.4. The predicted octanol–water partition coefficient (Wildman–Crippen LogP) is 1.19. The number of anilines is 2. The molecule has 2 aromatic heterocycles. The summed E-state index contributed by atoms with van der Waals surface area (Å²) >= 11 is 0. The SMILES string of the molecule is c1c[nH]c(CNc2cc(NC3CCNC3)ncn2)c1. The summed E-state index contributed by atoms with van der Waals surface area (Å²) in [5.41, 5.74) is 1.13. The maximum Gasteiger partial charge on any atom is 0.131 e. The fraction of sp³-hybridized carbons (Fsp3) is 0.385. The van der Waals surface area contributed by atoms with E-state index in [4.69, 9.17) is 0 Å². The Morgan fingerprint density at radius 2 is 2.26 bits per heavy atom. The van der Waals surface area contributed by atoms with Gasteiger partial charge in [-0.2, -0.15) is 0 Å². The molecule has 2 aromatic rings. The number of rotatable bonds is 5. The number of hydrogen-bond donors (Lipinski definition) is 4. The van der Waals surface area contributed by atoms with Gasteiger partial charge in [-0.15, -0.1) is 0 Å². The molecule has 0 bridgehead atoms. The van der Waals surface area contributed by atoms with E-state index < -0.39 is 0 Å². The number of H-pyrrole nitrogens is 1. The van der Waals surface area contributed by atoms with Gasteiger partial charge in [-0.3, -0.25) is 0 Å². The topological polar surface area (TPSA) is 77.7 Å². The Labute approximate surface area is 112 Å². The van der Waals surface area contributed by atoms with E-state index in [2.05, 4.69) is 30.9 Å². The van der Waals surface area contributed by atoms with Crippen molar-refractivity contribution >= 4 is 11.6 Å². The van der Waals surface area contributed by atoms with Crippen LogP contribution in [0.4, 0.5) is 11.6 Å². The number of nitrogens with zero attached hydrogens (tertiary/aromatic N) is 2. The quantitative estimate of drug-likeness (QED) is 0.648. The molecule has 6 heteroatoms. The van der Waals surface area contributed by atoms with E-state index >= 15 is 0 Å². The molecule has 0 spiro atoms. The Bertz CT molecular complexity index is 504. The first-order valence-electron chi connectivity index (χ1n) is 6.55. The molecule has 1 aliphatic heterocycles. The van der Waals surface area contributed by atoms with Crippen molar-refractivity contribution in [1.82, 2.24) is 20.3 Å². The van der Waals surface area contributed by atoms with Crippen LogP contribution in [-0.4, -0.2) is 34.1 Å². The third-order valence-electron chi connectivity index (χ3n) is 3.20. The van der Waals surface area contributed by atoms with Crippen molar-refractivity contribution in [2.24, 2.45) is 0 Å². The van der Waals surface area contributed by atoms with Gasteiger partial charge in [0.25, 0.3) is 0 Å². The van der Waals surface area contributed by atoms with Gasteiger partial charge < -0.3 is 20.9 Å². The summed E-state index contributed by atoms with van der Waals surface area (Å²) in [5, 5.41) is 10.0. The van der Waals surface area contributed by atoms with Gasteiger partial charge in [0.15, 0.2) is 0 Å². The molecule has 0 aliphatic carbocycles. The second kappa shape index (κ2) is 5.71. The molecule has 3 rings (SSSR count). The first-order valence-corrected chi connectivity index (χ1v) is 6.55. The molecule has 1 atom stereocenters. The summed E-state index contributed by atoms with van der Waals surface area (Å²) in [5.74, 6) is 1.70. The van der Waals surface area contributed by atoms with E-state index in [-0.39, 0.29) is 0 Å². The monoisotopic (exact) mass is 258 g/mol. The molecule has 0 aromatic carbocycles. The minimum Gasteiger partial charge on any atom is -0.366 e. The lowest BCUT2D eigenvalue weighted by molar-refractivity contribution is 0.787. The van der Waals surface area contributed by atoms with E-state index in [1.54, 1.807) is 6.33 Å². The molecule has 6 nitrogen and oxygen atoms in total. The van der Waals surface area contributed by atoms with Crippen LogP contribution < -0.4 is 16.0 Å². The predicted molar refractivity (Wildman–Crippen MR) is 75.0 cm³/mol. The lowest BCUT2D eigenvalue weighted by Crippen LogP contribution is -2.22. The molecule has 0 saturated carbocycles. The number of aromatic nitrogens is 3. The molecule has 4 N–H and O–H groups in total. The Morgan fingerprint density at radius 1 is 1.32 bits per heavy atom. The molecule has 1 fully saturated rings. The number of hydrogen-bond acceptors (Lipinski definition) is 5. The van der Waals surface area contributed by atoms with Crippen LogP contribution >= 0.6 is 0 Å². The molecule has 1 unspecified atom stereocenters. The van der Waals surface area contributed by atoms with Crippen LogP contribution in [0.15, 0.2) is 30.7 Å². The van der Waals surface area contributed by atoms with Gasteiger partial charge in [0.1, 0.15) is 18.0 Å². The first-order chi connectivity index (χ1) is 9.40. The molecular formula is C13H18N6. The summed E-state index contributed by atoms with van der Waals surface area (Å²) in [6.07, 6.45) is 4.63. The minimum absolute atomic E-state index is 0.464. The highest BCUT2D eigenvalue weighted by Gasteiger charge is 2.14. The molecule has 3 heterocycles. The van der Waals surface area contributed by atoms with Crippen LogP contribution in [0.3, 0.4) is 0 Å². The summed E-state index contributed by atoms with van der Waals surface area (Å²) in [6.45, 7) is 2.80. The fourth-order valence-electron chi connectivity index (χ4n) is 2.18. The number of nitrogens with one attached hydrogen (secondary N) is 4.